The molecule has 0 aliphatic heterocycles. The summed E-state index contributed by atoms with van der Waals surface area (Å²) in [7, 11) is 0. The van der Waals surface area contributed by atoms with Crippen molar-refractivity contribution in [2.75, 3.05) is 0 Å². The Morgan fingerprint density at radius 2 is 1.89 bits per heavy atom. The molecule has 0 bridgehead atoms. The van der Waals surface area contributed by atoms with E-state index in [2.05, 4.69) is 5.32 Å². The molecule has 4 heteroatoms. The Balaban J connectivity index is 3.47. The first-order valence-corrected chi connectivity index (χ1v) is 2.74. The van der Waals surface area contributed by atoms with Crippen LogP contribution in [0.15, 0.2) is 0 Å². The highest BCUT2D eigenvalue weighted by Gasteiger charge is 2.30. The molecule has 0 spiro atoms. The summed E-state index contributed by atoms with van der Waals surface area (Å²) in [5.41, 5.74) is 0. The van der Waals surface area contributed by atoms with Gasteiger partial charge in [-0.15, -0.1) is 5.32 Å². The molecular formula is C5H9F3N. The van der Waals surface area contributed by atoms with Crippen LogP contribution in [0.2, 0.25) is 0 Å². The molecule has 1 unspecified atom stereocenters. The normalized spacial score (nSPS) is 15.7. The lowest BCUT2D eigenvalue weighted by Gasteiger charge is -2.10. The van der Waals surface area contributed by atoms with Gasteiger partial charge >= 0.3 is 6.30 Å². The SMILES string of the molecule is CCC(C)[N]C(F)(F)F. The fraction of sp³-hybridized carbons (Fsp3) is 1.00. The molecule has 0 saturated heterocycles. The second-order valence-electron chi connectivity index (χ2n) is 1.85. The summed E-state index contributed by atoms with van der Waals surface area (Å²) in [4.78, 5) is 0. The molecule has 1 radical (unpaired) electrons. The minimum atomic E-state index is -4.35. The molecule has 0 amide bonds. The van der Waals surface area contributed by atoms with Crippen LogP contribution in [0.3, 0.4) is 0 Å². The fourth-order valence-corrected chi connectivity index (χ4v) is 0.341. The molecule has 0 aromatic carbocycles. The second-order valence-corrected chi connectivity index (χ2v) is 1.85. The van der Waals surface area contributed by atoms with Gasteiger partial charge in [-0.2, -0.15) is 13.2 Å². The van der Waals surface area contributed by atoms with Crippen molar-refractivity contribution in [1.82, 2.24) is 5.32 Å². The zero-order chi connectivity index (χ0) is 7.49. The lowest BCUT2D eigenvalue weighted by molar-refractivity contribution is -0.166. The zero-order valence-electron chi connectivity index (χ0n) is 5.37. The van der Waals surface area contributed by atoms with Gasteiger partial charge in [0.1, 0.15) is 0 Å². The number of hydrogen-bond donors (Lipinski definition) is 0. The number of alkyl halides is 3. The first-order chi connectivity index (χ1) is 3.95. The van der Waals surface area contributed by atoms with E-state index in [1.807, 2.05) is 0 Å². The second kappa shape index (κ2) is 3.06. The highest BCUT2D eigenvalue weighted by atomic mass is 19.4. The van der Waals surface area contributed by atoms with Gasteiger partial charge in [0, 0.05) is 6.04 Å². The van der Waals surface area contributed by atoms with Crippen molar-refractivity contribution in [3.63, 3.8) is 0 Å². The lowest BCUT2D eigenvalue weighted by Crippen LogP contribution is -2.31. The van der Waals surface area contributed by atoms with Crippen molar-refractivity contribution >= 4 is 0 Å². The molecule has 1 nitrogen and oxygen atoms in total. The van der Waals surface area contributed by atoms with Gasteiger partial charge in [-0.25, -0.2) is 0 Å². The molecule has 0 aliphatic carbocycles. The smallest absolute Gasteiger partial charge is 0.154 e. The van der Waals surface area contributed by atoms with Crippen molar-refractivity contribution < 1.29 is 13.2 Å². The Hall–Kier alpha value is -0.250. The van der Waals surface area contributed by atoms with Crippen LogP contribution in [0, 0.1) is 0 Å². The van der Waals surface area contributed by atoms with E-state index in [0.29, 0.717) is 6.42 Å². The lowest BCUT2D eigenvalue weighted by atomic mass is 10.3. The molecule has 0 fully saturated rings. The van der Waals surface area contributed by atoms with Gasteiger partial charge in [-0.3, -0.25) is 0 Å². The largest absolute Gasteiger partial charge is 0.473 e. The Labute approximate surface area is 52.2 Å². The molecule has 9 heavy (non-hydrogen) atoms. The molecule has 55 valence electrons. The summed E-state index contributed by atoms with van der Waals surface area (Å²) in [5, 5.41) is 2.53. The van der Waals surface area contributed by atoms with E-state index in [1.54, 1.807) is 6.92 Å². The van der Waals surface area contributed by atoms with E-state index in [1.165, 1.54) is 6.92 Å². The van der Waals surface area contributed by atoms with Crippen LogP contribution < -0.4 is 5.32 Å². The summed E-state index contributed by atoms with van der Waals surface area (Å²) in [6.45, 7) is 3.10. The van der Waals surface area contributed by atoms with Crippen LogP contribution in [-0.4, -0.2) is 12.3 Å². The minimum absolute atomic E-state index is 0.430. The highest BCUT2D eigenvalue weighted by Crippen LogP contribution is 2.13. The standard InChI is InChI=1S/C5H9F3N/c1-3-4(2)9-5(6,7)8/h4H,3H2,1-2H3. The maximum absolute atomic E-state index is 11.3. The Bertz CT molecular complexity index is 78.8. The van der Waals surface area contributed by atoms with Crippen LogP contribution in [-0.2, 0) is 0 Å². The third-order valence-corrected chi connectivity index (χ3v) is 0.958. The number of hydrogen-bond acceptors (Lipinski definition) is 0. The van der Waals surface area contributed by atoms with Gasteiger partial charge in [0.15, 0.2) is 0 Å². The average molecular weight is 140 g/mol. The fourth-order valence-electron chi connectivity index (χ4n) is 0.341. The molecule has 1 atom stereocenters. The molecule has 0 saturated carbocycles. The van der Waals surface area contributed by atoms with Crippen LogP contribution in [0.1, 0.15) is 20.3 Å². The maximum atomic E-state index is 11.3. The van der Waals surface area contributed by atoms with Gasteiger partial charge in [-0.05, 0) is 13.3 Å². The Kier molecular flexibility index (Phi) is 2.97. The van der Waals surface area contributed by atoms with Crippen LogP contribution >= 0.6 is 0 Å². The predicted molar refractivity (Wildman–Crippen MR) is 27.9 cm³/mol. The molecule has 0 aliphatic rings. The van der Waals surface area contributed by atoms with Crippen LogP contribution in [0.25, 0.3) is 0 Å². The van der Waals surface area contributed by atoms with E-state index in [4.69, 9.17) is 0 Å². The number of rotatable bonds is 2. The molecule has 0 heterocycles. The Morgan fingerprint density at radius 1 is 1.44 bits per heavy atom. The van der Waals surface area contributed by atoms with E-state index in [0.717, 1.165) is 0 Å². The molecule has 0 aromatic rings. The third-order valence-electron chi connectivity index (χ3n) is 0.958. The monoisotopic (exact) mass is 140 g/mol. The van der Waals surface area contributed by atoms with Gasteiger partial charge in [-0.1, -0.05) is 6.92 Å². The van der Waals surface area contributed by atoms with Crippen molar-refractivity contribution in [2.45, 2.75) is 32.6 Å². The van der Waals surface area contributed by atoms with Gasteiger partial charge in [0.2, 0.25) is 0 Å². The van der Waals surface area contributed by atoms with E-state index in [-0.39, 0.29) is 0 Å². The van der Waals surface area contributed by atoms with Crippen molar-refractivity contribution in [2.24, 2.45) is 0 Å². The van der Waals surface area contributed by atoms with Crippen LogP contribution in [0.5, 0.6) is 0 Å². The number of halogens is 3. The van der Waals surface area contributed by atoms with E-state index >= 15 is 0 Å². The minimum Gasteiger partial charge on any atom is -0.154 e. The molecule has 0 rings (SSSR count). The van der Waals surface area contributed by atoms with Crippen LogP contribution in [0.4, 0.5) is 13.2 Å². The summed E-state index contributed by atoms with van der Waals surface area (Å²) < 4.78 is 34.0. The highest BCUT2D eigenvalue weighted by molar-refractivity contribution is 4.57. The first-order valence-electron chi connectivity index (χ1n) is 2.74. The Morgan fingerprint density at radius 3 is 2.00 bits per heavy atom. The van der Waals surface area contributed by atoms with Crippen molar-refractivity contribution in [1.29, 1.82) is 0 Å². The first kappa shape index (κ1) is 8.75. The van der Waals surface area contributed by atoms with E-state index < -0.39 is 12.3 Å². The van der Waals surface area contributed by atoms with Gasteiger partial charge in [0.25, 0.3) is 0 Å². The van der Waals surface area contributed by atoms with Gasteiger partial charge in [0.05, 0.1) is 0 Å². The summed E-state index contributed by atoms with van der Waals surface area (Å²) in [6.07, 6.45) is -3.92. The van der Waals surface area contributed by atoms with Gasteiger partial charge < -0.3 is 0 Å². The molecule has 0 N–H and O–H groups in total. The summed E-state index contributed by atoms with van der Waals surface area (Å²) in [5.74, 6) is 0. The zero-order valence-corrected chi connectivity index (χ0v) is 5.37. The summed E-state index contributed by atoms with van der Waals surface area (Å²) in [6, 6.07) is -0.606. The molecule has 0 aromatic heterocycles. The summed E-state index contributed by atoms with van der Waals surface area (Å²) >= 11 is 0. The third kappa shape index (κ3) is 5.62. The van der Waals surface area contributed by atoms with Crippen molar-refractivity contribution in [3.05, 3.63) is 0 Å². The predicted octanol–water partition coefficient (Wildman–Crippen LogP) is 1.91. The topological polar surface area (TPSA) is 14.1 Å². The molecular weight excluding hydrogens is 131 g/mol. The number of nitrogens with zero attached hydrogens (tertiary/aromatic N) is 1. The quantitative estimate of drug-likeness (QED) is 0.520. The van der Waals surface area contributed by atoms with E-state index in [9.17, 15) is 13.2 Å². The maximum Gasteiger partial charge on any atom is 0.473 e. The van der Waals surface area contributed by atoms with Crippen molar-refractivity contribution in [3.8, 4) is 0 Å². The average Bonchev–Trinajstić information content (AvgIpc) is 1.62.